The first-order valence-corrected chi connectivity index (χ1v) is 10.5. The first-order valence-electron chi connectivity index (χ1n) is 9.56. The van der Waals surface area contributed by atoms with E-state index >= 15 is 0 Å². The number of hydrogen-bond donors (Lipinski definition) is 1. The molecule has 4 aromatic rings. The third-order valence-electron chi connectivity index (χ3n) is 4.75. The van der Waals surface area contributed by atoms with E-state index < -0.39 is 23.0 Å². The molecule has 0 saturated carbocycles. The quantitative estimate of drug-likeness (QED) is 0.370. The van der Waals surface area contributed by atoms with Crippen molar-refractivity contribution < 1.29 is 9.18 Å². The average molecular weight is 451 g/mol. The maximum Gasteiger partial charge on any atom is 0.332 e. The van der Waals surface area contributed by atoms with Gasteiger partial charge in [-0.25, -0.2) is 19.2 Å². The Morgan fingerprint density at radius 3 is 2.50 bits per heavy atom. The minimum Gasteiger partial charge on any atom is -0.325 e. The van der Waals surface area contributed by atoms with Crippen molar-refractivity contribution in [2.24, 2.45) is 14.1 Å². The predicted octanol–water partition coefficient (Wildman–Crippen LogP) is 2.56. The fraction of sp³-hybridized carbons (Fsp3) is 0.136. The lowest BCUT2D eigenvalue weighted by Gasteiger charge is -2.12. The van der Waals surface area contributed by atoms with E-state index in [1.54, 1.807) is 6.07 Å². The van der Waals surface area contributed by atoms with Gasteiger partial charge in [-0.3, -0.25) is 18.7 Å². The van der Waals surface area contributed by atoms with E-state index in [0.29, 0.717) is 17.1 Å². The smallest absolute Gasteiger partial charge is 0.325 e. The Labute approximate surface area is 185 Å². The molecule has 0 spiro atoms. The van der Waals surface area contributed by atoms with Crippen molar-refractivity contribution in [2.45, 2.75) is 5.03 Å². The summed E-state index contributed by atoms with van der Waals surface area (Å²) in [6.45, 7) is 0. The van der Waals surface area contributed by atoms with Crippen molar-refractivity contribution in [2.75, 3.05) is 11.1 Å². The standard InChI is InChI=1S/C22H18FN5O3S/c1-27-19-17(21(30)28(2)22(27)31)20(26-18(25-19)13-7-4-3-5-8-13)32-12-16(29)24-15-10-6-9-14(23)11-15/h3-11H,12H2,1-2H3,(H,24,29). The Balaban J connectivity index is 1.76. The number of amides is 1. The van der Waals surface area contributed by atoms with Crippen molar-refractivity contribution in [1.29, 1.82) is 0 Å². The summed E-state index contributed by atoms with van der Waals surface area (Å²) in [5.74, 6) is -0.609. The minimum atomic E-state index is -0.546. The molecule has 0 saturated heterocycles. The number of nitrogens with zero attached hydrogens (tertiary/aromatic N) is 4. The normalized spacial score (nSPS) is 11.0. The summed E-state index contributed by atoms with van der Waals surface area (Å²) in [5.41, 5.74) is 0.149. The molecule has 162 valence electrons. The highest BCUT2D eigenvalue weighted by Crippen LogP contribution is 2.26. The maximum absolute atomic E-state index is 13.4. The van der Waals surface area contributed by atoms with Crippen LogP contribution < -0.4 is 16.6 Å². The molecule has 1 amide bonds. The number of hydrogen-bond acceptors (Lipinski definition) is 6. The summed E-state index contributed by atoms with van der Waals surface area (Å²) in [6.07, 6.45) is 0. The highest BCUT2D eigenvalue weighted by atomic mass is 32.2. The molecule has 0 unspecified atom stereocenters. The zero-order valence-corrected chi connectivity index (χ0v) is 18.0. The van der Waals surface area contributed by atoms with Gasteiger partial charge in [-0.1, -0.05) is 48.2 Å². The number of aromatic nitrogens is 4. The number of aryl methyl sites for hydroxylation is 1. The number of fused-ring (bicyclic) bond motifs is 1. The molecular formula is C22H18FN5O3S. The van der Waals surface area contributed by atoms with Crippen LogP contribution in [0.5, 0.6) is 0 Å². The van der Waals surface area contributed by atoms with E-state index in [0.717, 1.165) is 16.3 Å². The lowest BCUT2D eigenvalue weighted by Crippen LogP contribution is -2.37. The summed E-state index contributed by atoms with van der Waals surface area (Å²) in [7, 11) is 2.90. The molecule has 2 aromatic heterocycles. The Morgan fingerprint density at radius 1 is 1.03 bits per heavy atom. The van der Waals surface area contributed by atoms with Crippen LogP contribution in [0.25, 0.3) is 22.4 Å². The first-order chi connectivity index (χ1) is 15.3. The average Bonchev–Trinajstić information content (AvgIpc) is 2.80. The first kappa shape index (κ1) is 21.4. The third kappa shape index (κ3) is 4.17. The maximum atomic E-state index is 13.4. The Bertz CT molecular complexity index is 1450. The molecule has 0 fully saturated rings. The van der Waals surface area contributed by atoms with Crippen LogP contribution in [-0.2, 0) is 18.9 Å². The van der Waals surface area contributed by atoms with Crippen LogP contribution in [0.4, 0.5) is 10.1 Å². The summed E-state index contributed by atoms with van der Waals surface area (Å²) >= 11 is 1.04. The summed E-state index contributed by atoms with van der Waals surface area (Å²) in [6, 6.07) is 14.7. The number of thioether (sulfide) groups is 1. The molecular weight excluding hydrogens is 433 g/mol. The molecule has 0 aliphatic carbocycles. The fourth-order valence-corrected chi connectivity index (χ4v) is 3.96. The minimum absolute atomic E-state index is 0.0805. The molecule has 0 aliphatic heterocycles. The molecule has 0 bridgehead atoms. The summed E-state index contributed by atoms with van der Waals surface area (Å²) in [5, 5.41) is 3.04. The lowest BCUT2D eigenvalue weighted by atomic mass is 10.2. The number of benzene rings is 2. The number of rotatable bonds is 5. The van der Waals surface area contributed by atoms with E-state index in [1.807, 2.05) is 30.3 Å². The topological polar surface area (TPSA) is 98.9 Å². The highest BCUT2D eigenvalue weighted by Gasteiger charge is 2.19. The highest BCUT2D eigenvalue weighted by molar-refractivity contribution is 8.00. The summed E-state index contributed by atoms with van der Waals surface area (Å²) < 4.78 is 15.6. The molecule has 2 aromatic carbocycles. The fourth-order valence-electron chi connectivity index (χ4n) is 3.15. The van der Waals surface area contributed by atoms with Gasteiger partial charge >= 0.3 is 5.69 Å². The SMILES string of the molecule is Cn1c(=O)c2c(SCC(=O)Nc3cccc(F)c3)nc(-c3ccccc3)nc2n(C)c1=O. The third-order valence-corrected chi connectivity index (χ3v) is 5.72. The predicted molar refractivity (Wildman–Crippen MR) is 121 cm³/mol. The van der Waals surface area contributed by atoms with Crippen LogP contribution in [0, 0.1) is 5.82 Å². The van der Waals surface area contributed by atoms with Crippen molar-refractivity contribution in [1.82, 2.24) is 19.1 Å². The van der Waals surface area contributed by atoms with Crippen LogP contribution in [0.1, 0.15) is 0 Å². The molecule has 32 heavy (non-hydrogen) atoms. The largest absolute Gasteiger partial charge is 0.332 e. The van der Waals surface area contributed by atoms with Crippen LogP contribution in [0.15, 0.2) is 69.2 Å². The second-order valence-corrected chi connectivity index (χ2v) is 7.93. The van der Waals surface area contributed by atoms with Crippen molar-refractivity contribution >= 4 is 34.4 Å². The second kappa shape index (κ2) is 8.75. The number of carbonyl (C=O) groups is 1. The monoisotopic (exact) mass is 451 g/mol. The van der Waals surface area contributed by atoms with Gasteiger partial charge in [0.25, 0.3) is 5.56 Å². The number of carbonyl (C=O) groups excluding carboxylic acids is 1. The lowest BCUT2D eigenvalue weighted by molar-refractivity contribution is -0.113. The summed E-state index contributed by atoms with van der Waals surface area (Å²) in [4.78, 5) is 46.7. The van der Waals surface area contributed by atoms with Gasteiger partial charge in [0.2, 0.25) is 5.91 Å². The Morgan fingerprint density at radius 2 is 1.78 bits per heavy atom. The Hall–Kier alpha value is -3.79. The van der Waals surface area contributed by atoms with Crippen LogP contribution >= 0.6 is 11.8 Å². The van der Waals surface area contributed by atoms with Crippen LogP contribution in [0.3, 0.4) is 0 Å². The van der Waals surface area contributed by atoms with Gasteiger partial charge in [0.15, 0.2) is 11.5 Å². The van der Waals surface area contributed by atoms with E-state index in [4.69, 9.17) is 0 Å². The van der Waals surface area contributed by atoms with Crippen LogP contribution in [0.2, 0.25) is 0 Å². The van der Waals surface area contributed by atoms with Gasteiger partial charge in [-0.15, -0.1) is 0 Å². The zero-order chi connectivity index (χ0) is 22.8. The Kier molecular flexibility index (Phi) is 5.87. The van der Waals surface area contributed by atoms with E-state index in [1.165, 1.54) is 36.9 Å². The molecule has 10 heteroatoms. The molecule has 0 radical (unpaired) electrons. The molecule has 1 N–H and O–H groups in total. The number of halogens is 1. The van der Waals surface area contributed by atoms with E-state index in [-0.39, 0.29) is 21.8 Å². The molecule has 0 atom stereocenters. The van der Waals surface area contributed by atoms with Gasteiger partial charge in [-0.05, 0) is 18.2 Å². The van der Waals surface area contributed by atoms with E-state index in [2.05, 4.69) is 15.3 Å². The molecule has 0 aliphatic rings. The second-order valence-electron chi connectivity index (χ2n) is 6.97. The molecule has 8 nitrogen and oxygen atoms in total. The number of anilines is 1. The zero-order valence-electron chi connectivity index (χ0n) is 17.2. The molecule has 4 rings (SSSR count). The van der Waals surface area contributed by atoms with Crippen LogP contribution in [-0.4, -0.2) is 30.8 Å². The van der Waals surface area contributed by atoms with Crippen molar-refractivity contribution in [3.8, 4) is 11.4 Å². The van der Waals surface area contributed by atoms with Gasteiger partial charge in [-0.2, -0.15) is 0 Å². The van der Waals surface area contributed by atoms with E-state index in [9.17, 15) is 18.8 Å². The van der Waals surface area contributed by atoms with Crippen molar-refractivity contribution in [3.63, 3.8) is 0 Å². The molecule has 2 heterocycles. The van der Waals surface area contributed by atoms with Gasteiger partial charge < -0.3 is 5.32 Å². The van der Waals surface area contributed by atoms with Crippen molar-refractivity contribution in [3.05, 3.63) is 81.3 Å². The van der Waals surface area contributed by atoms with Gasteiger partial charge in [0.1, 0.15) is 16.2 Å². The van der Waals surface area contributed by atoms with Gasteiger partial charge in [0, 0.05) is 25.3 Å². The van der Waals surface area contributed by atoms with Gasteiger partial charge in [0.05, 0.1) is 5.75 Å². The number of nitrogens with one attached hydrogen (secondary N) is 1.